The van der Waals surface area contributed by atoms with E-state index in [0.717, 1.165) is 24.8 Å². The monoisotopic (exact) mass is 467 g/mol. The molecule has 2 aromatic carbocycles. The third-order valence-electron chi connectivity index (χ3n) is 4.75. The molecule has 7 nitrogen and oxygen atoms in total. The maximum atomic E-state index is 12.3. The van der Waals surface area contributed by atoms with Crippen LogP contribution in [0.2, 0.25) is 0 Å². The number of rotatable bonds is 14. The van der Waals surface area contributed by atoms with Crippen LogP contribution in [0.4, 0.5) is 5.69 Å². The fourth-order valence-electron chi connectivity index (χ4n) is 2.96. The van der Waals surface area contributed by atoms with Gasteiger partial charge >= 0.3 is 5.97 Å². The molecule has 0 aliphatic carbocycles. The zero-order valence-corrected chi connectivity index (χ0v) is 20.1. The summed E-state index contributed by atoms with van der Waals surface area (Å²) in [7, 11) is 0. The second kappa shape index (κ2) is 14.5. The van der Waals surface area contributed by atoms with Crippen LogP contribution in [0.3, 0.4) is 0 Å². The number of carbonyl (C=O) groups is 3. The Morgan fingerprint density at radius 3 is 2.35 bits per heavy atom. The van der Waals surface area contributed by atoms with Gasteiger partial charge in [-0.3, -0.25) is 9.59 Å². The maximum absolute atomic E-state index is 12.3. The van der Waals surface area contributed by atoms with Crippen LogP contribution in [-0.2, 0) is 14.3 Å². The summed E-state index contributed by atoms with van der Waals surface area (Å²) < 4.78 is 16.5. The van der Waals surface area contributed by atoms with E-state index in [1.54, 1.807) is 36.4 Å². The molecule has 0 saturated carbocycles. The summed E-state index contributed by atoms with van der Waals surface area (Å²) in [6.07, 6.45) is 6.05. The Bertz CT molecular complexity index is 981. The average molecular weight is 468 g/mol. The molecule has 182 valence electrons. The fourth-order valence-corrected chi connectivity index (χ4v) is 2.96. The van der Waals surface area contributed by atoms with Gasteiger partial charge in [0.25, 0.3) is 0 Å². The van der Waals surface area contributed by atoms with Gasteiger partial charge in [0, 0.05) is 23.7 Å². The number of anilines is 1. The Hall–Kier alpha value is -3.61. The van der Waals surface area contributed by atoms with Gasteiger partial charge in [-0.15, -0.1) is 0 Å². The number of carbonyl (C=O) groups excluding carboxylic acids is 3. The first-order valence-corrected chi connectivity index (χ1v) is 11.6. The molecular weight excluding hydrogens is 434 g/mol. The Kier molecular flexibility index (Phi) is 11.4. The number of hydrogen-bond acceptors (Lipinski definition) is 6. The van der Waals surface area contributed by atoms with Crippen molar-refractivity contribution in [3.8, 4) is 11.5 Å². The molecule has 0 aliphatic heterocycles. The van der Waals surface area contributed by atoms with Crippen molar-refractivity contribution < 1.29 is 28.6 Å². The molecule has 0 atom stereocenters. The number of unbranched alkanes of at least 4 members (excludes halogenated alkanes) is 1. The number of nitrogens with one attached hydrogen (secondary N) is 1. The second-order valence-electron chi connectivity index (χ2n) is 7.58. The molecule has 2 rings (SSSR count). The van der Waals surface area contributed by atoms with Crippen LogP contribution in [0.15, 0.2) is 48.5 Å². The average Bonchev–Trinajstić information content (AvgIpc) is 2.83. The van der Waals surface area contributed by atoms with Crippen molar-refractivity contribution >= 4 is 29.4 Å². The zero-order valence-electron chi connectivity index (χ0n) is 20.1. The summed E-state index contributed by atoms with van der Waals surface area (Å²) in [6.45, 7) is 6.65. The van der Waals surface area contributed by atoms with Crippen molar-refractivity contribution in [3.05, 3.63) is 59.7 Å². The Balaban J connectivity index is 1.89. The molecule has 0 aliphatic rings. The van der Waals surface area contributed by atoms with Gasteiger partial charge in [0.2, 0.25) is 5.91 Å². The number of amides is 1. The van der Waals surface area contributed by atoms with E-state index >= 15 is 0 Å². The zero-order chi connectivity index (χ0) is 24.8. The maximum Gasteiger partial charge on any atom is 0.331 e. The van der Waals surface area contributed by atoms with Crippen LogP contribution >= 0.6 is 0 Å². The first-order valence-electron chi connectivity index (χ1n) is 11.6. The topological polar surface area (TPSA) is 90.9 Å². The van der Waals surface area contributed by atoms with Gasteiger partial charge < -0.3 is 19.5 Å². The lowest BCUT2D eigenvalue weighted by Crippen LogP contribution is -2.13. The third-order valence-corrected chi connectivity index (χ3v) is 4.75. The Morgan fingerprint density at radius 2 is 1.68 bits per heavy atom. The predicted molar refractivity (Wildman–Crippen MR) is 132 cm³/mol. The predicted octanol–water partition coefficient (Wildman–Crippen LogP) is 5.44. The van der Waals surface area contributed by atoms with Crippen molar-refractivity contribution in [3.63, 3.8) is 0 Å². The van der Waals surface area contributed by atoms with Crippen molar-refractivity contribution in [2.24, 2.45) is 0 Å². The quantitative estimate of drug-likeness (QED) is 0.172. The summed E-state index contributed by atoms with van der Waals surface area (Å²) in [6, 6.07) is 11.9. The molecule has 0 bridgehead atoms. The van der Waals surface area contributed by atoms with Crippen LogP contribution in [0.1, 0.15) is 62.4 Å². The molecule has 7 heteroatoms. The summed E-state index contributed by atoms with van der Waals surface area (Å²) >= 11 is 0. The van der Waals surface area contributed by atoms with Gasteiger partial charge in [0.15, 0.2) is 23.9 Å². The lowest BCUT2D eigenvalue weighted by atomic mass is 10.1. The molecule has 0 spiro atoms. The van der Waals surface area contributed by atoms with E-state index < -0.39 is 5.97 Å². The molecule has 0 aromatic heterocycles. The van der Waals surface area contributed by atoms with Gasteiger partial charge in [-0.1, -0.05) is 26.3 Å². The van der Waals surface area contributed by atoms with E-state index in [9.17, 15) is 14.4 Å². The molecule has 0 heterocycles. The standard InChI is InChI=1S/C27H33NO6/c1-4-7-17-33-24-15-9-20(18-25(24)32-6-3)10-16-27(31)34-19-23(29)21-11-13-22(14-12-21)28-26(30)8-5-2/h9-16,18H,4-8,17,19H2,1-3H3,(H,28,30)/b16-10+. The van der Waals surface area contributed by atoms with Gasteiger partial charge in [-0.2, -0.15) is 0 Å². The first-order chi connectivity index (χ1) is 16.5. The molecule has 0 saturated heterocycles. The Morgan fingerprint density at radius 1 is 0.912 bits per heavy atom. The molecule has 0 radical (unpaired) electrons. The van der Waals surface area contributed by atoms with E-state index in [2.05, 4.69) is 12.2 Å². The highest BCUT2D eigenvalue weighted by molar-refractivity contribution is 5.99. The van der Waals surface area contributed by atoms with Crippen molar-refractivity contribution in [1.82, 2.24) is 0 Å². The molecule has 1 amide bonds. The minimum atomic E-state index is -0.627. The van der Waals surface area contributed by atoms with Gasteiger partial charge in [-0.05, 0) is 67.8 Å². The number of ketones is 1. The number of Topliss-reactive ketones (excluding diaryl/α,β-unsaturated/α-hetero) is 1. The van der Waals surface area contributed by atoms with Gasteiger partial charge in [-0.25, -0.2) is 4.79 Å². The SMILES string of the molecule is CCCCOc1ccc(/C=C/C(=O)OCC(=O)c2ccc(NC(=O)CCC)cc2)cc1OCC. The molecule has 1 N–H and O–H groups in total. The van der Waals surface area contributed by atoms with Crippen LogP contribution in [0.25, 0.3) is 6.08 Å². The number of esters is 1. The van der Waals surface area contributed by atoms with E-state index in [-0.39, 0.29) is 18.3 Å². The van der Waals surface area contributed by atoms with Gasteiger partial charge in [0.1, 0.15) is 0 Å². The number of benzene rings is 2. The number of ether oxygens (including phenoxy) is 3. The normalized spacial score (nSPS) is 10.7. The summed E-state index contributed by atoms with van der Waals surface area (Å²) in [5, 5.41) is 2.76. The molecular formula is C27H33NO6. The van der Waals surface area contributed by atoms with Crippen molar-refractivity contribution in [2.75, 3.05) is 25.1 Å². The molecule has 2 aromatic rings. The molecule has 0 unspecified atom stereocenters. The number of hydrogen-bond donors (Lipinski definition) is 1. The fraction of sp³-hybridized carbons (Fsp3) is 0.370. The molecule has 0 fully saturated rings. The van der Waals surface area contributed by atoms with Crippen LogP contribution in [0, 0.1) is 0 Å². The largest absolute Gasteiger partial charge is 0.490 e. The molecule has 34 heavy (non-hydrogen) atoms. The lowest BCUT2D eigenvalue weighted by molar-refractivity contribution is -0.136. The van der Waals surface area contributed by atoms with E-state index in [1.165, 1.54) is 6.08 Å². The third kappa shape index (κ3) is 9.10. The lowest BCUT2D eigenvalue weighted by Gasteiger charge is -2.12. The van der Waals surface area contributed by atoms with Crippen LogP contribution in [0.5, 0.6) is 11.5 Å². The second-order valence-corrected chi connectivity index (χ2v) is 7.58. The van der Waals surface area contributed by atoms with Gasteiger partial charge in [0.05, 0.1) is 13.2 Å². The Labute approximate surface area is 201 Å². The highest BCUT2D eigenvalue weighted by atomic mass is 16.5. The highest BCUT2D eigenvalue weighted by Crippen LogP contribution is 2.29. The minimum absolute atomic E-state index is 0.0747. The van der Waals surface area contributed by atoms with E-state index in [0.29, 0.717) is 42.4 Å². The summed E-state index contributed by atoms with van der Waals surface area (Å²) in [5.74, 6) is 0.239. The van der Waals surface area contributed by atoms with E-state index in [4.69, 9.17) is 14.2 Å². The smallest absolute Gasteiger partial charge is 0.331 e. The first kappa shape index (κ1) is 26.6. The van der Waals surface area contributed by atoms with Crippen molar-refractivity contribution in [1.29, 1.82) is 0 Å². The van der Waals surface area contributed by atoms with Crippen LogP contribution in [-0.4, -0.2) is 37.5 Å². The highest BCUT2D eigenvalue weighted by Gasteiger charge is 2.10. The summed E-state index contributed by atoms with van der Waals surface area (Å²) in [5.41, 5.74) is 1.75. The summed E-state index contributed by atoms with van der Waals surface area (Å²) in [4.78, 5) is 36.0. The minimum Gasteiger partial charge on any atom is -0.490 e. The van der Waals surface area contributed by atoms with E-state index in [1.807, 2.05) is 26.0 Å². The van der Waals surface area contributed by atoms with Crippen molar-refractivity contribution in [2.45, 2.75) is 46.5 Å². The van der Waals surface area contributed by atoms with Crippen LogP contribution < -0.4 is 14.8 Å².